The number of aliphatic hydroxyl groups is 1. The molecule has 12 heavy (non-hydrogen) atoms. The standard InChI is InChI=1S/C8H8BNO2/c9-5-1-2-6(10-3-5)8-7(4-11)12-8/h1-3,7-8,11H,4H2. The molecule has 0 amide bonds. The van der Waals surface area contributed by atoms with Crippen molar-refractivity contribution in [2.24, 2.45) is 0 Å². The van der Waals surface area contributed by atoms with E-state index in [-0.39, 0.29) is 18.8 Å². The van der Waals surface area contributed by atoms with Crippen molar-refractivity contribution in [3.63, 3.8) is 0 Å². The van der Waals surface area contributed by atoms with Crippen molar-refractivity contribution in [1.82, 2.24) is 4.98 Å². The van der Waals surface area contributed by atoms with E-state index in [2.05, 4.69) is 4.98 Å². The van der Waals surface area contributed by atoms with Gasteiger partial charge in [0, 0.05) is 6.20 Å². The molecule has 0 saturated carbocycles. The second-order valence-corrected chi connectivity index (χ2v) is 2.79. The third kappa shape index (κ3) is 1.35. The maximum Gasteiger partial charge on any atom is 0.128 e. The Balaban J connectivity index is 2.10. The lowest BCUT2D eigenvalue weighted by Crippen LogP contribution is -2.04. The van der Waals surface area contributed by atoms with Crippen molar-refractivity contribution < 1.29 is 9.84 Å². The fourth-order valence-electron chi connectivity index (χ4n) is 1.13. The van der Waals surface area contributed by atoms with Crippen LogP contribution in [-0.2, 0) is 4.74 Å². The smallest absolute Gasteiger partial charge is 0.128 e. The van der Waals surface area contributed by atoms with Crippen LogP contribution in [-0.4, -0.2) is 30.6 Å². The molecule has 2 radical (unpaired) electrons. The first kappa shape index (κ1) is 7.77. The number of ether oxygens (including phenoxy) is 1. The third-order valence-corrected chi connectivity index (χ3v) is 1.86. The van der Waals surface area contributed by atoms with Crippen LogP contribution in [0, 0.1) is 0 Å². The Bertz CT molecular complexity index is 275. The second-order valence-electron chi connectivity index (χ2n) is 2.79. The molecule has 0 aliphatic carbocycles. The minimum absolute atomic E-state index is 0.0319. The Kier molecular flexibility index (Phi) is 1.86. The molecule has 1 fully saturated rings. The van der Waals surface area contributed by atoms with Crippen molar-refractivity contribution >= 4 is 13.3 Å². The van der Waals surface area contributed by atoms with Gasteiger partial charge in [0.1, 0.15) is 20.1 Å². The molecule has 4 heteroatoms. The van der Waals surface area contributed by atoms with E-state index in [4.69, 9.17) is 17.7 Å². The quantitative estimate of drug-likeness (QED) is 0.461. The number of pyridine rings is 1. The van der Waals surface area contributed by atoms with Gasteiger partial charge < -0.3 is 9.84 Å². The summed E-state index contributed by atoms with van der Waals surface area (Å²) in [6.45, 7) is 0.0523. The summed E-state index contributed by atoms with van der Waals surface area (Å²) in [6, 6.07) is 3.59. The number of epoxide rings is 1. The number of rotatable bonds is 2. The summed E-state index contributed by atoms with van der Waals surface area (Å²) < 4.78 is 5.14. The molecule has 1 aromatic heterocycles. The Hall–Kier alpha value is -0.865. The lowest BCUT2D eigenvalue weighted by molar-refractivity contribution is 0.242. The summed E-state index contributed by atoms with van der Waals surface area (Å²) in [4.78, 5) is 4.08. The monoisotopic (exact) mass is 161 g/mol. The molecule has 0 bridgehead atoms. The fraction of sp³-hybridized carbons (Fsp3) is 0.375. The SMILES string of the molecule is [B]c1ccc(C2OC2CO)nc1. The predicted octanol–water partition coefficient (Wildman–Crippen LogP) is -0.692. The van der Waals surface area contributed by atoms with Gasteiger partial charge in [-0.2, -0.15) is 0 Å². The van der Waals surface area contributed by atoms with Crippen LogP contribution in [0.1, 0.15) is 11.8 Å². The first-order valence-electron chi connectivity index (χ1n) is 3.79. The van der Waals surface area contributed by atoms with Gasteiger partial charge in [-0.05, 0) is 6.07 Å². The van der Waals surface area contributed by atoms with E-state index in [1.807, 2.05) is 6.07 Å². The van der Waals surface area contributed by atoms with Crippen molar-refractivity contribution in [3.8, 4) is 0 Å². The summed E-state index contributed by atoms with van der Waals surface area (Å²) in [5.41, 5.74) is 1.48. The van der Waals surface area contributed by atoms with Gasteiger partial charge in [-0.3, -0.25) is 4.98 Å². The van der Waals surface area contributed by atoms with E-state index in [1.54, 1.807) is 12.3 Å². The van der Waals surface area contributed by atoms with Crippen LogP contribution in [0.15, 0.2) is 18.3 Å². The Morgan fingerprint density at radius 1 is 1.58 bits per heavy atom. The number of hydrogen-bond acceptors (Lipinski definition) is 3. The molecule has 1 aliphatic rings. The molecular weight excluding hydrogens is 153 g/mol. The van der Waals surface area contributed by atoms with Crippen molar-refractivity contribution in [3.05, 3.63) is 24.0 Å². The molecule has 0 spiro atoms. The highest BCUT2D eigenvalue weighted by Gasteiger charge is 2.40. The molecule has 3 nitrogen and oxygen atoms in total. The topological polar surface area (TPSA) is 45.6 Å². The van der Waals surface area contributed by atoms with Crippen LogP contribution in [0.4, 0.5) is 0 Å². The Labute approximate surface area is 71.8 Å². The maximum absolute atomic E-state index is 8.71. The van der Waals surface area contributed by atoms with Crippen LogP contribution < -0.4 is 5.46 Å². The second kappa shape index (κ2) is 2.88. The number of nitrogens with zero attached hydrogens (tertiary/aromatic N) is 1. The molecule has 1 aromatic rings. The minimum atomic E-state index is -0.0684. The van der Waals surface area contributed by atoms with E-state index in [1.165, 1.54) is 0 Å². The zero-order chi connectivity index (χ0) is 8.55. The summed E-state index contributed by atoms with van der Waals surface area (Å²) in [5, 5.41) is 8.71. The zero-order valence-corrected chi connectivity index (χ0v) is 6.47. The summed E-state index contributed by atoms with van der Waals surface area (Å²) in [5.74, 6) is 0. The van der Waals surface area contributed by atoms with E-state index in [0.29, 0.717) is 5.46 Å². The highest BCUT2D eigenvalue weighted by molar-refractivity contribution is 6.32. The van der Waals surface area contributed by atoms with Crippen LogP contribution in [0.3, 0.4) is 0 Å². The molecule has 1 N–H and O–H groups in total. The first-order chi connectivity index (χ1) is 5.81. The molecule has 60 valence electrons. The average molecular weight is 161 g/mol. The normalized spacial score (nSPS) is 27.1. The van der Waals surface area contributed by atoms with Crippen LogP contribution in [0.2, 0.25) is 0 Å². The van der Waals surface area contributed by atoms with E-state index in [9.17, 15) is 0 Å². The first-order valence-corrected chi connectivity index (χ1v) is 3.79. The molecule has 2 unspecified atom stereocenters. The molecule has 1 aliphatic heterocycles. The predicted molar refractivity (Wildman–Crippen MR) is 44.3 cm³/mol. The van der Waals surface area contributed by atoms with E-state index >= 15 is 0 Å². The molecular formula is C8H8BNO2. The Morgan fingerprint density at radius 2 is 2.42 bits per heavy atom. The van der Waals surface area contributed by atoms with Gasteiger partial charge in [0.15, 0.2) is 0 Å². The van der Waals surface area contributed by atoms with Gasteiger partial charge in [0.05, 0.1) is 12.3 Å². The lowest BCUT2D eigenvalue weighted by Gasteiger charge is -1.94. The van der Waals surface area contributed by atoms with Gasteiger partial charge in [-0.1, -0.05) is 11.5 Å². The molecule has 1 saturated heterocycles. The van der Waals surface area contributed by atoms with Gasteiger partial charge in [0.25, 0.3) is 0 Å². The van der Waals surface area contributed by atoms with Crippen molar-refractivity contribution in [2.45, 2.75) is 12.2 Å². The molecule has 2 rings (SSSR count). The van der Waals surface area contributed by atoms with Crippen molar-refractivity contribution in [1.29, 1.82) is 0 Å². The number of aliphatic hydroxyl groups excluding tert-OH is 1. The van der Waals surface area contributed by atoms with Gasteiger partial charge in [-0.15, -0.1) is 0 Å². The summed E-state index contributed by atoms with van der Waals surface area (Å²) >= 11 is 0. The molecule has 2 atom stereocenters. The minimum Gasteiger partial charge on any atom is -0.394 e. The van der Waals surface area contributed by atoms with Gasteiger partial charge >= 0.3 is 0 Å². The van der Waals surface area contributed by atoms with E-state index in [0.717, 1.165) is 5.69 Å². The highest BCUT2D eigenvalue weighted by Crippen LogP contribution is 2.36. The average Bonchev–Trinajstić information content (AvgIpc) is 2.85. The van der Waals surface area contributed by atoms with Gasteiger partial charge in [-0.25, -0.2) is 0 Å². The Morgan fingerprint density at radius 3 is 2.92 bits per heavy atom. The maximum atomic E-state index is 8.71. The number of aromatic nitrogens is 1. The fourth-order valence-corrected chi connectivity index (χ4v) is 1.13. The highest BCUT2D eigenvalue weighted by atomic mass is 16.6. The third-order valence-electron chi connectivity index (χ3n) is 1.86. The van der Waals surface area contributed by atoms with Crippen LogP contribution in [0.25, 0.3) is 0 Å². The summed E-state index contributed by atoms with van der Waals surface area (Å²) in [6.07, 6.45) is 1.49. The van der Waals surface area contributed by atoms with E-state index < -0.39 is 0 Å². The number of hydrogen-bond donors (Lipinski definition) is 1. The van der Waals surface area contributed by atoms with Crippen LogP contribution >= 0.6 is 0 Å². The summed E-state index contributed by atoms with van der Waals surface area (Å²) in [7, 11) is 5.46. The largest absolute Gasteiger partial charge is 0.394 e. The lowest BCUT2D eigenvalue weighted by atomic mass is 9.98. The van der Waals surface area contributed by atoms with Crippen molar-refractivity contribution in [2.75, 3.05) is 6.61 Å². The van der Waals surface area contributed by atoms with Crippen LogP contribution in [0.5, 0.6) is 0 Å². The molecule has 0 aromatic carbocycles. The molecule has 2 heterocycles. The zero-order valence-electron chi connectivity index (χ0n) is 6.47. The van der Waals surface area contributed by atoms with Gasteiger partial charge in [0.2, 0.25) is 0 Å².